The Morgan fingerprint density at radius 2 is 2.06 bits per heavy atom. The summed E-state index contributed by atoms with van der Waals surface area (Å²) in [7, 11) is 0. The fourth-order valence-corrected chi connectivity index (χ4v) is 1.64. The Kier molecular flexibility index (Phi) is 3.66. The molecule has 0 aliphatic carbocycles. The molecule has 6 heteroatoms. The van der Waals surface area contributed by atoms with Crippen molar-refractivity contribution < 1.29 is 4.39 Å². The molecule has 0 aliphatic heterocycles. The van der Waals surface area contributed by atoms with E-state index < -0.39 is 5.82 Å². The fourth-order valence-electron chi connectivity index (χ4n) is 1.64. The van der Waals surface area contributed by atoms with Crippen molar-refractivity contribution in [1.82, 2.24) is 15.0 Å². The van der Waals surface area contributed by atoms with Crippen LogP contribution in [0.15, 0.2) is 30.7 Å². The number of halogens is 1. The maximum Gasteiger partial charge on any atom is 0.222 e. The van der Waals surface area contributed by atoms with Gasteiger partial charge in [0.15, 0.2) is 11.6 Å². The fraction of sp³-hybridized carbons (Fsp3) is 0.250. The van der Waals surface area contributed by atoms with Gasteiger partial charge >= 0.3 is 0 Å². The number of pyridine rings is 1. The standard InChI is InChI=1S/C12H14FN5/c1-2-18(8-9-3-5-15-6-4-9)11-10(13)7-16-12(14)17-11/h3-7H,2,8H2,1H3,(H2,14,16,17). The molecule has 0 atom stereocenters. The molecular weight excluding hydrogens is 233 g/mol. The first-order chi connectivity index (χ1) is 8.70. The van der Waals surface area contributed by atoms with Gasteiger partial charge in [-0.05, 0) is 24.6 Å². The van der Waals surface area contributed by atoms with Crippen LogP contribution in [0.2, 0.25) is 0 Å². The van der Waals surface area contributed by atoms with Crippen molar-refractivity contribution in [2.45, 2.75) is 13.5 Å². The van der Waals surface area contributed by atoms with Gasteiger partial charge in [0.05, 0.1) is 6.20 Å². The maximum absolute atomic E-state index is 13.7. The van der Waals surface area contributed by atoms with Gasteiger partial charge in [-0.15, -0.1) is 0 Å². The number of nitrogens with two attached hydrogens (primary N) is 1. The summed E-state index contributed by atoms with van der Waals surface area (Å²) in [5, 5.41) is 0. The molecule has 18 heavy (non-hydrogen) atoms. The van der Waals surface area contributed by atoms with Gasteiger partial charge < -0.3 is 10.6 Å². The second-order valence-corrected chi connectivity index (χ2v) is 3.77. The molecule has 0 aromatic carbocycles. The van der Waals surface area contributed by atoms with Gasteiger partial charge in [-0.2, -0.15) is 4.98 Å². The van der Waals surface area contributed by atoms with Crippen LogP contribution in [0.4, 0.5) is 16.2 Å². The number of rotatable bonds is 4. The minimum Gasteiger partial charge on any atom is -0.368 e. The number of nitrogens with zero attached hydrogens (tertiary/aromatic N) is 4. The van der Waals surface area contributed by atoms with Crippen LogP contribution in [0.25, 0.3) is 0 Å². The van der Waals surface area contributed by atoms with Crippen molar-refractivity contribution in [2.24, 2.45) is 0 Å². The minimum atomic E-state index is -0.472. The molecular formula is C12H14FN5. The lowest BCUT2D eigenvalue weighted by Gasteiger charge is -2.22. The molecule has 2 N–H and O–H groups in total. The van der Waals surface area contributed by atoms with Crippen LogP contribution in [0.5, 0.6) is 0 Å². The Balaban J connectivity index is 2.26. The Morgan fingerprint density at radius 3 is 2.72 bits per heavy atom. The summed E-state index contributed by atoms with van der Waals surface area (Å²) in [4.78, 5) is 13.3. The summed E-state index contributed by atoms with van der Waals surface area (Å²) in [5.41, 5.74) is 6.52. The molecule has 94 valence electrons. The molecule has 0 aliphatic rings. The highest BCUT2D eigenvalue weighted by molar-refractivity contribution is 5.43. The third kappa shape index (κ3) is 2.71. The molecule has 0 saturated carbocycles. The summed E-state index contributed by atoms with van der Waals surface area (Å²) in [6.45, 7) is 3.10. The predicted octanol–water partition coefficient (Wildman–Crippen LogP) is 1.62. The molecule has 2 rings (SSSR count). The van der Waals surface area contributed by atoms with Crippen LogP contribution in [0, 0.1) is 5.82 Å². The van der Waals surface area contributed by atoms with E-state index in [1.807, 2.05) is 19.1 Å². The van der Waals surface area contributed by atoms with E-state index in [0.29, 0.717) is 13.1 Å². The van der Waals surface area contributed by atoms with E-state index in [1.54, 1.807) is 17.3 Å². The molecule has 0 fully saturated rings. The highest BCUT2D eigenvalue weighted by Crippen LogP contribution is 2.18. The van der Waals surface area contributed by atoms with Crippen LogP contribution in [-0.4, -0.2) is 21.5 Å². The van der Waals surface area contributed by atoms with Crippen LogP contribution >= 0.6 is 0 Å². The van der Waals surface area contributed by atoms with Crippen molar-refractivity contribution >= 4 is 11.8 Å². The Morgan fingerprint density at radius 1 is 1.33 bits per heavy atom. The van der Waals surface area contributed by atoms with E-state index >= 15 is 0 Å². The molecule has 0 amide bonds. The highest BCUT2D eigenvalue weighted by Gasteiger charge is 2.13. The Hall–Kier alpha value is -2.24. The quantitative estimate of drug-likeness (QED) is 0.889. The third-order valence-corrected chi connectivity index (χ3v) is 2.55. The molecule has 2 heterocycles. The number of anilines is 2. The maximum atomic E-state index is 13.7. The smallest absolute Gasteiger partial charge is 0.222 e. The number of hydrogen-bond donors (Lipinski definition) is 1. The van der Waals surface area contributed by atoms with Crippen LogP contribution in [-0.2, 0) is 6.54 Å². The zero-order valence-corrected chi connectivity index (χ0v) is 10.0. The van der Waals surface area contributed by atoms with E-state index in [0.717, 1.165) is 11.8 Å². The van der Waals surface area contributed by atoms with Gasteiger partial charge in [0.2, 0.25) is 5.95 Å². The average molecular weight is 247 g/mol. The van der Waals surface area contributed by atoms with Gasteiger partial charge in [-0.1, -0.05) is 0 Å². The summed E-state index contributed by atoms with van der Waals surface area (Å²) in [5.74, 6) is -0.179. The predicted molar refractivity (Wildman–Crippen MR) is 67.4 cm³/mol. The lowest BCUT2D eigenvalue weighted by atomic mass is 10.2. The minimum absolute atomic E-state index is 0.0691. The first-order valence-electron chi connectivity index (χ1n) is 5.62. The molecule has 2 aromatic rings. The van der Waals surface area contributed by atoms with Crippen LogP contribution in [0.3, 0.4) is 0 Å². The van der Waals surface area contributed by atoms with Crippen molar-refractivity contribution in [3.63, 3.8) is 0 Å². The Bertz CT molecular complexity index is 517. The van der Waals surface area contributed by atoms with E-state index in [4.69, 9.17) is 5.73 Å². The lowest BCUT2D eigenvalue weighted by Crippen LogP contribution is -2.24. The second-order valence-electron chi connectivity index (χ2n) is 3.77. The highest BCUT2D eigenvalue weighted by atomic mass is 19.1. The van der Waals surface area contributed by atoms with Crippen LogP contribution < -0.4 is 10.6 Å². The average Bonchev–Trinajstić information content (AvgIpc) is 2.40. The van der Waals surface area contributed by atoms with Gasteiger partial charge in [0.1, 0.15) is 0 Å². The van der Waals surface area contributed by atoms with Gasteiger partial charge in [-0.3, -0.25) is 4.98 Å². The molecule has 0 unspecified atom stereocenters. The van der Waals surface area contributed by atoms with Gasteiger partial charge in [-0.25, -0.2) is 9.37 Å². The topological polar surface area (TPSA) is 67.9 Å². The molecule has 0 spiro atoms. The SMILES string of the molecule is CCN(Cc1ccncc1)c1nc(N)ncc1F. The molecule has 5 nitrogen and oxygen atoms in total. The van der Waals surface area contributed by atoms with Crippen LogP contribution in [0.1, 0.15) is 12.5 Å². The summed E-state index contributed by atoms with van der Waals surface area (Å²) < 4.78 is 13.7. The normalized spacial score (nSPS) is 10.3. The molecule has 0 radical (unpaired) electrons. The van der Waals surface area contributed by atoms with Crippen molar-refractivity contribution in [3.8, 4) is 0 Å². The van der Waals surface area contributed by atoms with E-state index in [2.05, 4.69) is 15.0 Å². The lowest BCUT2D eigenvalue weighted by molar-refractivity contribution is 0.603. The van der Waals surface area contributed by atoms with E-state index in [9.17, 15) is 4.39 Å². The third-order valence-electron chi connectivity index (χ3n) is 2.55. The summed E-state index contributed by atoms with van der Waals surface area (Å²) >= 11 is 0. The zero-order valence-electron chi connectivity index (χ0n) is 10.0. The molecule has 2 aromatic heterocycles. The molecule has 0 saturated heterocycles. The van der Waals surface area contributed by atoms with Gasteiger partial charge in [0.25, 0.3) is 0 Å². The van der Waals surface area contributed by atoms with Crippen molar-refractivity contribution in [2.75, 3.05) is 17.2 Å². The first kappa shape index (κ1) is 12.2. The van der Waals surface area contributed by atoms with Crippen molar-refractivity contribution in [1.29, 1.82) is 0 Å². The zero-order chi connectivity index (χ0) is 13.0. The second kappa shape index (κ2) is 5.39. The number of nitrogen functional groups attached to an aromatic ring is 1. The van der Waals surface area contributed by atoms with Crippen molar-refractivity contribution in [3.05, 3.63) is 42.1 Å². The monoisotopic (exact) mass is 247 g/mol. The largest absolute Gasteiger partial charge is 0.368 e. The number of aromatic nitrogens is 3. The van der Waals surface area contributed by atoms with E-state index in [1.165, 1.54) is 0 Å². The first-order valence-corrected chi connectivity index (χ1v) is 5.62. The van der Waals surface area contributed by atoms with Gasteiger partial charge in [0, 0.05) is 25.5 Å². The Labute approximate surface area is 105 Å². The number of hydrogen-bond acceptors (Lipinski definition) is 5. The summed E-state index contributed by atoms with van der Waals surface area (Å²) in [6, 6.07) is 3.76. The summed E-state index contributed by atoms with van der Waals surface area (Å²) in [6.07, 6.45) is 4.49. The van der Waals surface area contributed by atoms with E-state index in [-0.39, 0.29) is 11.8 Å². The molecule has 0 bridgehead atoms.